The van der Waals surface area contributed by atoms with Crippen LogP contribution >= 0.6 is 11.3 Å². The van der Waals surface area contributed by atoms with Gasteiger partial charge in [-0.15, -0.1) is 11.3 Å². The summed E-state index contributed by atoms with van der Waals surface area (Å²) in [5.41, 5.74) is 3.50. The molecular formula is C26H27N5O4S2. The molecule has 1 amide bonds. The van der Waals surface area contributed by atoms with Crippen LogP contribution < -0.4 is 10.1 Å². The van der Waals surface area contributed by atoms with Crippen molar-refractivity contribution in [2.45, 2.75) is 50.8 Å². The molecule has 0 spiro atoms. The highest BCUT2D eigenvalue weighted by Gasteiger charge is 2.36. The number of thiazole rings is 1. The lowest BCUT2D eigenvalue weighted by Gasteiger charge is -2.28. The molecule has 1 aromatic carbocycles. The largest absolute Gasteiger partial charge is 0.496 e. The predicted octanol–water partition coefficient (Wildman–Crippen LogP) is 4.28. The van der Waals surface area contributed by atoms with E-state index in [0.29, 0.717) is 51.8 Å². The van der Waals surface area contributed by atoms with Gasteiger partial charge in [0.05, 0.1) is 35.2 Å². The zero-order chi connectivity index (χ0) is 26.2. The maximum Gasteiger partial charge on any atom is 0.259 e. The first kappa shape index (κ1) is 25.3. The summed E-state index contributed by atoms with van der Waals surface area (Å²) in [6, 6.07) is 8.95. The third-order valence-corrected chi connectivity index (χ3v) is 10.2. The average Bonchev–Trinajstić information content (AvgIpc) is 3.58. The molecular weight excluding hydrogens is 510 g/mol. The predicted molar refractivity (Wildman–Crippen MR) is 141 cm³/mol. The summed E-state index contributed by atoms with van der Waals surface area (Å²) < 4.78 is 33.2. The molecule has 1 aliphatic carbocycles. The highest BCUT2D eigenvalue weighted by Crippen LogP contribution is 2.36. The van der Waals surface area contributed by atoms with E-state index in [9.17, 15) is 18.5 Å². The van der Waals surface area contributed by atoms with Crippen LogP contribution in [-0.4, -0.2) is 47.5 Å². The lowest BCUT2D eigenvalue weighted by molar-refractivity contribution is 0.102. The number of hydrogen-bond donors (Lipinski definition) is 1. The van der Waals surface area contributed by atoms with Gasteiger partial charge >= 0.3 is 0 Å². The number of aromatic nitrogens is 2. The van der Waals surface area contributed by atoms with E-state index in [1.165, 1.54) is 24.6 Å². The van der Waals surface area contributed by atoms with Gasteiger partial charge in [0.1, 0.15) is 5.75 Å². The maximum atomic E-state index is 13.4. The first-order valence-electron chi connectivity index (χ1n) is 12.1. The summed E-state index contributed by atoms with van der Waals surface area (Å²) in [5.74, 6) is 0.139. The van der Waals surface area contributed by atoms with Gasteiger partial charge in [-0.1, -0.05) is 12.8 Å². The summed E-state index contributed by atoms with van der Waals surface area (Å²) >= 11 is 1.30. The van der Waals surface area contributed by atoms with E-state index in [0.717, 1.165) is 36.3 Å². The van der Waals surface area contributed by atoms with Crippen molar-refractivity contribution >= 4 is 32.4 Å². The van der Waals surface area contributed by atoms with Crippen molar-refractivity contribution in [3.8, 4) is 22.9 Å². The zero-order valence-corrected chi connectivity index (χ0v) is 22.3. The molecule has 3 aromatic rings. The van der Waals surface area contributed by atoms with Gasteiger partial charge in [0.2, 0.25) is 10.0 Å². The van der Waals surface area contributed by atoms with Gasteiger partial charge in [0.25, 0.3) is 5.91 Å². The number of hydrogen-bond acceptors (Lipinski definition) is 8. The van der Waals surface area contributed by atoms with E-state index in [-0.39, 0.29) is 11.8 Å². The van der Waals surface area contributed by atoms with Crippen molar-refractivity contribution in [2.24, 2.45) is 0 Å². The van der Waals surface area contributed by atoms with Crippen LogP contribution in [0.2, 0.25) is 0 Å². The summed E-state index contributed by atoms with van der Waals surface area (Å²) in [4.78, 5) is 23.1. The molecule has 192 valence electrons. The lowest BCUT2D eigenvalue weighted by Crippen LogP contribution is -2.40. The molecule has 37 heavy (non-hydrogen) atoms. The molecule has 1 saturated carbocycles. The van der Waals surface area contributed by atoms with Crippen molar-refractivity contribution in [1.82, 2.24) is 14.3 Å². The van der Waals surface area contributed by atoms with Crippen LogP contribution in [0, 0.1) is 18.3 Å². The van der Waals surface area contributed by atoms with Gasteiger partial charge < -0.3 is 4.74 Å². The molecule has 0 saturated heterocycles. The van der Waals surface area contributed by atoms with Crippen molar-refractivity contribution < 1.29 is 17.9 Å². The van der Waals surface area contributed by atoms with Crippen LogP contribution in [0.15, 0.2) is 30.5 Å². The molecule has 1 aliphatic heterocycles. The number of anilines is 1. The standard InChI is InChI=1S/C26H27N5O4S2/c1-16-11-19(20-12-17(13-27)7-8-23(20)35-2)21(14-28-16)25(32)30-26-29-22-9-10-31(15-24(22)36-26)37(33,34)18-5-3-4-6-18/h7-8,11-12,14,18H,3-6,9-10,15H2,1-2H3,(H,29,30,32). The van der Waals surface area contributed by atoms with Crippen molar-refractivity contribution in [3.05, 3.63) is 57.9 Å². The SMILES string of the molecule is COc1ccc(C#N)cc1-c1cc(C)ncc1C(=O)Nc1nc2c(s1)CN(S(=O)(=O)C1CCCC1)CC2. The molecule has 0 bridgehead atoms. The molecule has 0 atom stereocenters. The number of pyridine rings is 1. The highest BCUT2D eigenvalue weighted by molar-refractivity contribution is 7.89. The Morgan fingerprint density at radius 1 is 1.24 bits per heavy atom. The number of methoxy groups -OCH3 is 1. The third-order valence-electron chi connectivity index (χ3n) is 6.90. The molecule has 2 aliphatic rings. The molecule has 0 unspecified atom stereocenters. The Balaban J connectivity index is 1.40. The topological polar surface area (TPSA) is 125 Å². The molecule has 5 rings (SSSR count). The van der Waals surface area contributed by atoms with Gasteiger partial charge in [0, 0.05) is 47.4 Å². The van der Waals surface area contributed by atoms with Crippen LogP contribution in [0.3, 0.4) is 0 Å². The van der Waals surface area contributed by atoms with Gasteiger partial charge in [-0.05, 0) is 44.0 Å². The third kappa shape index (κ3) is 4.97. The Labute approximate surface area is 220 Å². The number of amides is 1. The molecule has 1 fully saturated rings. The maximum absolute atomic E-state index is 13.4. The lowest BCUT2D eigenvalue weighted by atomic mass is 9.97. The van der Waals surface area contributed by atoms with E-state index >= 15 is 0 Å². The summed E-state index contributed by atoms with van der Waals surface area (Å²) in [7, 11) is -1.80. The Bertz CT molecular complexity index is 1500. The van der Waals surface area contributed by atoms with E-state index in [1.807, 2.05) is 6.92 Å². The number of carbonyl (C=O) groups excluding carboxylic acids is 1. The van der Waals surface area contributed by atoms with E-state index < -0.39 is 15.9 Å². The molecule has 11 heteroatoms. The number of carbonyl (C=O) groups is 1. The van der Waals surface area contributed by atoms with Crippen LogP contribution in [0.1, 0.15) is 57.9 Å². The van der Waals surface area contributed by atoms with E-state index in [2.05, 4.69) is 21.4 Å². The minimum atomic E-state index is -3.33. The zero-order valence-electron chi connectivity index (χ0n) is 20.7. The number of nitriles is 1. The Kier molecular flexibility index (Phi) is 6.98. The fraction of sp³-hybridized carbons (Fsp3) is 0.385. The number of sulfonamides is 1. The number of nitrogens with one attached hydrogen (secondary N) is 1. The monoisotopic (exact) mass is 537 g/mol. The second kappa shape index (κ2) is 10.2. The molecule has 2 aromatic heterocycles. The van der Waals surface area contributed by atoms with Crippen molar-refractivity contribution in [3.63, 3.8) is 0 Å². The molecule has 1 N–H and O–H groups in total. The van der Waals surface area contributed by atoms with Gasteiger partial charge in [-0.3, -0.25) is 15.1 Å². The second-order valence-corrected chi connectivity index (χ2v) is 12.6. The smallest absolute Gasteiger partial charge is 0.259 e. The Morgan fingerprint density at radius 2 is 2.03 bits per heavy atom. The van der Waals surface area contributed by atoms with Crippen molar-refractivity contribution in [2.75, 3.05) is 19.0 Å². The summed E-state index contributed by atoms with van der Waals surface area (Å²) in [6.45, 7) is 2.52. The Morgan fingerprint density at radius 3 is 2.76 bits per heavy atom. The van der Waals surface area contributed by atoms with Crippen LogP contribution in [0.4, 0.5) is 5.13 Å². The van der Waals surface area contributed by atoms with Crippen LogP contribution in [0.5, 0.6) is 5.75 Å². The van der Waals surface area contributed by atoms with Gasteiger partial charge in [-0.25, -0.2) is 13.4 Å². The summed E-state index contributed by atoms with van der Waals surface area (Å²) in [6.07, 6.45) is 5.39. The van der Waals surface area contributed by atoms with Gasteiger partial charge in [0.15, 0.2) is 5.13 Å². The van der Waals surface area contributed by atoms with Crippen molar-refractivity contribution in [1.29, 1.82) is 5.26 Å². The number of rotatable bonds is 6. The molecule has 9 nitrogen and oxygen atoms in total. The minimum absolute atomic E-state index is 0.287. The van der Waals surface area contributed by atoms with Crippen LogP contribution in [0.25, 0.3) is 11.1 Å². The Hall–Kier alpha value is -3.33. The average molecular weight is 538 g/mol. The number of ether oxygens (including phenoxy) is 1. The quantitative estimate of drug-likeness (QED) is 0.498. The number of aryl methyl sites for hydroxylation is 1. The van der Waals surface area contributed by atoms with Crippen LogP contribution in [-0.2, 0) is 23.0 Å². The first-order chi connectivity index (χ1) is 17.8. The van der Waals surface area contributed by atoms with E-state index in [4.69, 9.17) is 4.74 Å². The number of fused-ring (bicyclic) bond motifs is 1. The summed E-state index contributed by atoms with van der Waals surface area (Å²) in [5, 5.41) is 12.4. The molecule has 3 heterocycles. The number of benzene rings is 1. The highest BCUT2D eigenvalue weighted by atomic mass is 32.2. The molecule has 0 radical (unpaired) electrons. The number of nitrogens with zero attached hydrogens (tertiary/aromatic N) is 4. The normalized spacial score (nSPS) is 16.2. The minimum Gasteiger partial charge on any atom is -0.496 e. The first-order valence-corrected chi connectivity index (χ1v) is 14.5. The van der Waals surface area contributed by atoms with Gasteiger partial charge in [-0.2, -0.15) is 9.57 Å². The van der Waals surface area contributed by atoms with E-state index in [1.54, 1.807) is 28.6 Å². The second-order valence-electron chi connectivity index (χ2n) is 9.28. The fourth-order valence-electron chi connectivity index (χ4n) is 4.96. The fourth-order valence-corrected chi connectivity index (χ4v) is 8.06.